The molecule has 6 nitrogen and oxygen atoms in total. The minimum Gasteiger partial charge on any atom is -0.446 e. The van der Waals surface area contributed by atoms with E-state index in [0.29, 0.717) is 24.3 Å². The second kappa shape index (κ2) is 27.0. The average molecular weight is 1710 g/mol. The molecule has 2 aromatic rings. The molecule has 0 saturated carbocycles. The van der Waals surface area contributed by atoms with Gasteiger partial charge in [0.15, 0.2) is 0 Å². The smallest absolute Gasteiger partial charge is 0.446 e. The fourth-order valence-electron chi connectivity index (χ4n) is 7.73. The zero-order valence-electron chi connectivity index (χ0n) is 48.9. The lowest BCUT2D eigenvalue weighted by Gasteiger charge is -2.46. The van der Waals surface area contributed by atoms with Gasteiger partial charge in [0.05, 0.1) is 12.8 Å². The Kier molecular flexibility index (Phi) is 24.3. The van der Waals surface area contributed by atoms with Gasteiger partial charge in [0.1, 0.15) is 12.2 Å². The molecule has 2 rings (SSSR count). The van der Waals surface area contributed by atoms with Crippen molar-refractivity contribution in [2.24, 2.45) is 0 Å². The highest BCUT2D eigenvalue weighted by Crippen LogP contribution is 2.72. The number of rotatable bonds is 32. The van der Waals surface area contributed by atoms with Gasteiger partial charge < -0.3 is 9.47 Å². The third kappa shape index (κ3) is 13.9. The summed E-state index contributed by atoms with van der Waals surface area (Å²) in [5.41, 5.74) is -1.49. The molecule has 60 heteroatoms. The Bertz CT molecular complexity index is 3230. The number of amides is 2. The summed E-state index contributed by atoms with van der Waals surface area (Å²) in [7, 11) is 0. The highest BCUT2D eigenvalue weighted by atomic mass is 19.5. The van der Waals surface area contributed by atoms with Crippen LogP contribution in [0.4, 0.5) is 258 Å². The number of anilines is 2. The molecule has 0 heterocycles. The number of alkyl halides is 54. The topological polar surface area (TPSA) is 76.7 Å². The fraction of sp³-hybridized carbons (Fsp3) is 0.702. The lowest BCUT2D eigenvalue weighted by Crippen LogP contribution is -2.78. The predicted molar refractivity (Wildman–Crippen MR) is 235 cm³/mol. The van der Waals surface area contributed by atoms with E-state index in [2.05, 4.69) is 9.47 Å². The maximum absolute atomic E-state index is 14.6. The largest absolute Gasteiger partial charge is 0.460 e. The van der Waals surface area contributed by atoms with Crippen LogP contribution in [0, 0.1) is 0 Å². The van der Waals surface area contributed by atoms with Gasteiger partial charge in [-0.05, 0) is 55.7 Å². The van der Waals surface area contributed by atoms with Gasteiger partial charge in [-0.15, -0.1) is 0 Å². The fourth-order valence-corrected chi connectivity index (χ4v) is 7.73. The van der Waals surface area contributed by atoms with Crippen molar-refractivity contribution >= 4 is 23.6 Å². The van der Waals surface area contributed by atoms with Gasteiger partial charge in [0.25, 0.3) is 0 Å². The first-order valence-corrected chi connectivity index (χ1v) is 25.5. The first kappa shape index (κ1) is 96.3. The summed E-state index contributed by atoms with van der Waals surface area (Å²) in [6, 6.07) is 6.18. The molecule has 0 saturated heterocycles. The lowest BCUT2D eigenvalue weighted by molar-refractivity contribution is -0.485. The van der Waals surface area contributed by atoms with Gasteiger partial charge in [-0.3, -0.25) is 10.6 Å². The van der Waals surface area contributed by atoms with Crippen molar-refractivity contribution in [2.45, 2.75) is 200 Å². The number of carbonyl (C=O) groups excluding carboxylic acids is 2. The van der Waals surface area contributed by atoms with Crippen LogP contribution < -0.4 is 10.6 Å². The number of hydrogen-bond acceptors (Lipinski definition) is 4. The molecule has 2 atom stereocenters. The van der Waals surface area contributed by atoms with Gasteiger partial charge in [-0.25, -0.2) is 9.59 Å². The molecule has 0 aliphatic carbocycles. The number of carbonyl (C=O) groups is 2. The SMILES string of the molecule is CC(CC(F)(F)C(F)(F)C(F)(F)C(F)(F)C(F)(F)C(F)(F)C(F)(F)C(F)(F)C(F)(F)C(F)(F)C(F)(F)C(F)(F)C(F)(F)F)OC(=O)Nc1ccc(Cc2ccc(NC(=O)OC(C)CC(F)(F)C(F)(F)C(F)(F)C(F)(F)C(F)(F)C(F)(F)C(F)(F)C(F)(F)C(F)(F)C(F)(F)C(F)(F)C(F)(F)C(F)(F)F)cc2)cc1. The van der Waals surface area contributed by atoms with Gasteiger partial charge in [0, 0.05) is 11.4 Å². The molecule has 0 fully saturated rings. The molecule has 0 spiro atoms. The van der Waals surface area contributed by atoms with E-state index in [1.165, 1.54) is 10.6 Å². The van der Waals surface area contributed by atoms with Crippen molar-refractivity contribution in [3.05, 3.63) is 59.7 Å². The first-order valence-electron chi connectivity index (χ1n) is 25.5. The highest BCUT2D eigenvalue weighted by Gasteiger charge is 3.03. The van der Waals surface area contributed by atoms with Crippen molar-refractivity contribution < 1.29 is 256 Å². The molecule has 2 N–H and O–H groups in total. The molecular weight excluding hydrogens is 1680 g/mol. The zero-order chi connectivity index (χ0) is 86.2. The van der Waals surface area contributed by atoms with Crippen molar-refractivity contribution in [1.29, 1.82) is 0 Å². The minimum absolute atomic E-state index is 0.0409. The van der Waals surface area contributed by atoms with E-state index in [4.69, 9.17) is 0 Å². The second-order valence-electron chi connectivity index (χ2n) is 21.7. The molecule has 0 radical (unpaired) electrons. The summed E-state index contributed by atoms with van der Waals surface area (Å²) in [4.78, 5) is 24.5. The molecule has 2 aromatic carbocycles. The Hall–Kier alpha value is -6.80. The van der Waals surface area contributed by atoms with E-state index in [1.54, 1.807) is 0 Å². The minimum atomic E-state index is -10.0. The summed E-state index contributed by atoms with van der Waals surface area (Å²) in [6.45, 7) is -0.363. The van der Waals surface area contributed by atoms with Crippen molar-refractivity contribution in [3.8, 4) is 0 Å². The summed E-state index contributed by atoms with van der Waals surface area (Å²) in [6.07, 6.45) is -35.4. The van der Waals surface area contributed by atoms with Crippen LogP contribution in [0.1, 0.15) is 37.8 Å². The van der Waals surface area contributed by atoms with Crippen molar-refractivity contribution in [1.82, 2.24) is 0 Å². The number of halogens is 54. The van der Waals surface area contributed by atoms with Gasteiger partial charge in [0.2, 0.25) is 0 Å². The predicted octanol–water partition coefficient (Wildman–Crippen LogP) is 22.3. The van der Waals surface area contributed by atoms with Crippen LogP contribution in [0.3, 0.4) is 0 Å². The van der Waals surface area contributed by atoms with Crippen LogP contribution in [0.15, 0.2) is 48.5 Å². The van der Waals surface area contributed by atoms with E-state index < -0.39 is 210 Å². The molecule has 0 aromatic heterocycles. The van der Waals surface area contributed by atoms with Crippen molar-refractivity contribution in [2.75, 3.05) is 10.6 Å². The van der Waals surface area contributed by atoms with E-state index in [-0.39, 0.29) is 25.0 Å². The average Bonchev–Trinajstić information content (AvgIpc) is 0.687. The highest BCUT2D eigenvalue weighted by molar-refractivity contribution is 5.85. The van der Waals surface area contributed by atoms with E-state index >= 15 is 0 Å². The number of nitrogens with one attached hydrogen (secondary N) is 2. The van der Waals surface area contributed by atoms with Crippen molar-refractivity contribution in [3.63, 3.8) is 0 Å². The van der Waals surface area contributed by atoms with E-state index in [9.17, 15) is 247 Å². The van der Waals surface area contributed by atoms with Crippen LogP contribution in [-0.2, 0) is 15.9 Å². The molecule has 624 valence electrons. The number of ether oxygens (including phenoxy) is 2. The summed E-state index contributed by atoms with van der Waals surface area (Å²) >= 11 is 0. The van der Waals surface area contributed by atoms with Crippen LogP contribution >= 0.6 is 0 Å². The summed E-state index contributed by atoms with van der Waals surface area (Å²) in [5, 5.41) is 2.94. The Labute approximate surface area is 550 Å². The molecule has 2 amide bonds. The number of hydrogen-bond donors (Lipinski definition) is 2. The first-order chi connectivity index (χ1) is 46.2. The molecule has 0 bridgehead atoms. The Morgan fingerprint density at radius 1 is 0.243 bits per heavy atom. The Balaban J connectivity index is 2.27. The standard InChI is InChI=1S/C47H24F54N2O4/c1-14(12-22(48,49)24(52,53)26(56,57)28(60,61)30(64,65)32(68,69)34(72,73)36(76,77)38(80,81)40(84,85)42(88,89)44(92,93)46(96,97)98)106-20(104)102-18-7-3-16(4-8-18)11-17-5-9-19(10-6-17)103-21(105)107-15(2)13-23(50,51)25(54,55)27(58,59)29(62,63)31(66,67)33(70,71)35(74,75)37(78,79)39(82,83)41(86,87)43(90,91)45(94,95)47(99,100)101/h3-10,14-15H,11-13H2,1-2H3,(H,102,104)(H,103,105). The summed E-state index contributed by atoms with van der Waals surface area (Å²) in [5.74, 6) is -225. The second-order valence-corrected chi connectivity index (χ2v) is 21.7. The van der Waals surface area contributed by atoms with Gasteiger partial charge in [-0.1, -0.05) is 24.3 Å². The van der Waals surface area contributed by atoms with E-state index in [0.717, 1.165) is 24.3 Å². The lowest BCUT2D eigenvalue weighted by atomic mass is 9.83. The Morgan fingerprint density at radius 3 is 0.533 bits per heavy atom. The quantitative estimate of drug-likeness (QED) is 0.0716. The van der Waals surface area contributed by atoms with E-state index in [1.807, 2.05) is 0 Å². The molecule has 0 aliphatic rings. The Morgan fingerprint density at radius 2 is 0.383 bits per heavy atom. The molecule has 0 aliphatic heterocycles. The van der Waals surface area contributed by atoms with Crippen LogP contribution in [0.2, 0.25) is 0 Å². The third-order valence-corrected chi connectivity index (χ3v) is 14.0. The van der Waals surface area contributed by atoms with Crippen LogP contribution in [0.25, 0.3) is 0 Å². The monoisotopic (exact) mass is 1710 g/mol. The normalized spacial score (nSPS) is 16.5. The third-order valence-electron chi connectivity index (χ3n) is 14.0. The maximum Gasteiger partial charge on any atom is 0.460 e. The van der Waals surface area contributed by atoms with Crippen LogP contribution in [-0.4, -0.2) is 179 Å². The maximum atomic E-state index is 14.6. The van der Waals surface area contributed by atoms with Gasteiger partial charge in [-0.2, -0.15) is 237 Å². The van der Waals surface area contributed by atoms with Gasteiger partial charge >= 0.3 is 167 Å². The molecule has 107 heavy (non-hydrogen) atoms. The molecular formula is C47H24F54N2O4. The van der Waals surface area contributed by atoms with Crippen LogP contribution in [0.5, 0.6) is 0 Å². The summed E-state index contributed by atoms with van der Waals surface area (Å²) < 4.78 is 757. The number of benzene rings is 2. The zero-order valence-corrected chi connectivity index (χ0v) is 48.9. The molecule has 2 unspecified atom stereocenters.